The van der Waals surface area contributed by atoms with Crippen molar-refractivity contribution in [2.24, 2.45) is 0 Å². The van der Waals surface area contributed by atoms with Crippen LogP contribution in [0.15, 0.2) is 30.3 Å². The number of carbonyl (C=O) groups is 1. The molecular formula is C18H22Cl2N4O. The third-order valence-corrected chi connectivity index (χ3v) is 5.60. The molecular weight excluding hydrogens is 359 g/mol. The van der Waals surface area contributed by atoms with Crippen LogP contribution in [-0.4, -0.2) is 46.2 Å². The van der Waals surface area contributed by atoms with E-state index in [4.69, 9.17) is 11.6 Å². The number of fused-ring (bicyclic) bond motifs is 2. The quantitative estimate of drug-likeness (QED) is 0.856. The van der Waals surface area contributed by atoms with Crippen molar-refractivity contribution in [3.8, 4) is 11.3 Å². The van der Waals surface area contributed by atoms with Crippen LogP contribution in [0, 0.1) is 0 Å². The van der Waals surface area contributed by atoms with Gasteiger partial charge in [-0.3, -0.25) is 9.89 Å². The van der Waals surface area contributed by atoms with Gasteiger partial charge < -0.3 is 10.2 Å². The monoisotopic (exact) mass is 380 g/mol. The first-order valence-electron chi connectivity index (χ1n) is 8.45. The van der Waals surface area contributed by atoms with Crippen molar-refractivity contribution < 1.29 is 4.79 Å². The van der Waals surface area contributed by atoms with Gasteiger partial charge in [0, 0.05) is 30.7 Å². The molecule has 2 atom stereocenters. The zero-order chi connectivity index (χ0) is 16.7. The van der Waals surface area contributed by atoms with Gasteiger partial charge in [0.2, 0.25) is 0 Å². The molecule has 0 spiro atoms. The number of nitrogens with zero attached hydrogens (tertiary/aromatic N) is 2. The van der Waals surface area contributed by atoms with Gasteiger partial charge in [-0.15, -0.1) is 12.4 Å². The molecule has 5 nitrogen and oxygen atoms in total. The van der Waals surface area contributed by atoms with Crippen molar-refractivity contribution in [1.29, 1.82) is 0 Å². The van der Waals surface area contributed by atoms with Gasteiger partial charge in [-0.2, -0.15) is 5.10 Å². The van der Waals surface area contributed by atoms with Crippen LogP contribution in [0.1, 0.15) is 36.2 Å². The van der Waals surface area contributed by atoms with Gasteiger partial charge >= 0.3 is 0 Å². The molecule has 2 N–H and O–H groups in total. The first-order valence-corrected chi connectivity index (χ1v) is 8.83. The summed E-state index contributed by atoms with van der Waals surface area (Å²) in [6, 6.07) is 10.7. The fourth-order valence-electron chi connectivity index (χ4n) is 3.94. The third-order valence-electron chi connectivity index (χ3n) is 5.27. The molecule has 2 aliphatic heterocycles. The fourth-order valence-corrected chi connectivity index (χ4v) is 4.17. The van der Waals surface area contributed by atoms with Gasteiger partial charge in [0.05, 0.1) is 10.7 Å². The second-order valence-corrected chi connectivity index (χ2v) is 7.23. The lowest BCUT2D eigenvalue weighted by molar-refractivity contribution is 0.0675. The predicted molar refractivity (Wildman–Crippen MR) is 101 cm³/mol. The van der Waals surface area contributed by atoms with E-state index in [1.165, 1.54) is 12.8 Å². The average molecular weight is 381 g/mol. The number of amides is 1. The van der Waals surface area contributed by atoms with E-state index in [2.05, 4.69) is 15.5 Å². The van der Waals surface area contributed by atoms with Crippen molar-refractivity contribution in [1.82, 2.24) is 20.4 Å². The maximum absolute atomic E-state index is 12.8. The Morgan fingerprint density at radius 1 is 1.24 bits per heavy atom. The van der Waals surface area contributed by atoms with Crippen LogP contribution in [0.4, 0.5) is 0 Å². The molecule has 1 amide bonds. The van der Waals surface area contributed by atoms with Crippen LogP contribution >= 0.6 is 24.0 Å². The molecule has 0 saturated carbocycles. The number of halogens is 2. The molecule has 2 aliphatic rings. The van der Waals surface area contributed by atoms with E-state index < -0.39 is 0 Å². The summed E-state index contributed by atoms with van der Waals surface area (Å²) in [6.07, 6.45) is 4.52. The van der Waals surface area contributed by atoms with Gasteiger partial charge in [-0.05, 0) is 37.8 Å². The maximum atomic E-state index is 12.8. The normalized spacial score (nSPS) is 24.6. The number of hydrogen-bond acceptors (Lipinski definition) is 3. The summed E-state index contributed by atoms with van der Waals surface area (Å²) < 4.78 is 0. The molecule has 2 aromatic rings. The number of benzene rings is 1. The van der Waals surface area contributed by atoms with Gasteiger partial charge in [0.1, 0.15) is 5.69 Å². The SMILES string of the molecule is CN(C(=O)c1cc(-c2ccccc2Cl)n[nH]1)C1CC2CCC(C1)N2.Cl. The average Bonchev–Trinajstić information content (AvgIpc) is 3.20. The molecule has 2 bridgehead atoms. The van der Waals surface area contributed by atoms with Crippen molar-refractivity contribution in [3.63, 3.8) is 0 Å². The number of piperidine rings is 1. The number of hydrogen-bond donors (Lipinski definition) is 2. The van der Waals surface area contributed by atoms with Crippen molar-refractivity contribution in [3.05, 3.63) is 41.0 Å². The highest BCUT2D eigenvalue weighted by Crippen LogP contribution is 2.30. The second kappa shape index (κ2) is 7.36. The summed E-state index contributed by atoms with van der Waals surface area (Å²) in [5.74, 6) is -0.00731. The number of aromatic amines is 1. The Morgan fingerprint density at radius 2 is 1.92 bits per heavy atom. The van der Waals surface area contributed by atoms with Crippen LogP contribution < -0.4 is 5.32 Å². The van der Waals surface area contributed by atoms with E-state index in [-0.39, 0.29) is 18.3 Å². The van der Waals surface area contributed by atoms with E-state index in [1.807, 2.05) is 36.2 Å². The molecule has 2 fully saturated rings. The second-order valence-electron chi connectivity index (χ2n) is 6.83. The number of nitrogens with one attached hydrogen (secondary N) is 2. The molecule has 25 heavy (non-hydrogen) atoms. The Bertz CT molecular complexity index is 751. The Balaban J connectivity index is 0.00000182. The first kappa shape index (κ1) is 18.2. The van der Waals surface area contributed by atoms with E-state index in [9.17, 15) is 4.79 Å². The Morgan fingerprint density at radius 3 is 2.60 bits per heavy atom. The first-order chi connectivity index (χ1) is 11.6. The van der Waals surface area contributed by atoms with E-state index in [0.717, 1.165) is 18.4 Å². The largest absolute Gasteiger partial charge is 0.337 e. The highest BCUT2D eigenvalue weighted by Gasteiger charge is 2.36. The standard InChI is InChI=1S/C18H21ClN4O.ClH/c1-23(13-8-11-6-7-12(9-13)20-11)18(24)17-10-16(21-22-17)14-4-2-3-5-15(14)19;/h2-5,10-13,20H,6-9H2,1H3,(H,21,22);1H. The van der Waals surface area contributed by atoms with Crippen LogP contribution in [0.2, 0.25) is 5.02 Å². The molecule has 1 aromatic heterocycles. The lowest BCUT2D eigenvalue weighted by Crippen LogP contribution is -2.48. The minimum Gasteiger partial charge on any atom is -0.337 e. The topological polar surface area (TPSA) is 61.0 Å². The number of carbonyl (C=O) groups excluding carboxylic acids is 1. The summed E-state index contributed by atoms with van der Waals surface area (Å²) in [7, 11) is 1.90. The van der Waals surface area contributed by atoms with Gasteiger partial charge in [-0.1, -0.05) is 29.8 Å². The highest BCUT2D eigenvalue weighted by atomic mass is 35.5. The smallest absolute Gasteiger partial charge is 0.271 e. The molecule has 134 valence electrons. The number of H-pyrrole nitrogens is 1. The molecule has 1 aromatic carbocycles. The maximum Gasteiger partial charge on any atom is 0.271 e. The number of aromatic nitrogens is 2. The molecule has 2 saturated heterocycles. The van der Waals surface area contributed by atoms with Gasteiger partial charge in [0.15, 0.2) is 0 Å². The zero-order valence-corrected chi connectivity index (χ0v) is 15.6. The fraction of sp³-hybridized carbons (Fsp3) is 0.444. The number of rotatable bonds is 3. The third kappa shape index (κ3) is 3.54. The highest BCUT2D eigenvalue weighted by molar-refractivity contribution is 6.33. The lowest BCUT2D eigenvalue weighted by atomic mass is 9.98. The minimum atomic E-state index is -0.00731. The molecule has 0 radical (unpaired) electrons. The van der Waals surface area contributed by atoms with Crippen LogP contribution in [0.3, 0.4) is 0 Å². The summed E-state index contributed by atoms with van der Waals surface area (Å²) in [6.45, 7) is 0. The van der Waals surface area contributed by atoms with Crippen molar-refractivity contribution >= 4 is 29.9 Å². The molecule has 7 heteroatoms. The van der Waals surface area contributed by atoms with Crippen LogP contribution in [0.25, 0.3) is 11.3 Å². The summed E-state index contributed by atoms with van der Waals surface area (Å²) in [5, 5.41) is 11.4. The summed E-state index contributed by atoms with van der Waals surface area (Å²) in [4.78, 5) is 14.7. The summed E-state index contributed by atoms with van der Waals surface area (Å²) in [5.41, 5.74) is 2.04. The van der Waals surface area contributed by atoms with Crippen molar-refractivity contribution in [2.75, 3.05) is 7.05 Å². The van der Waals surface area contributed by atoms with Crippen molar-refractivity contribution in [2.45, 2.75) is 43.8 Å². The minimum absolute atomic E-state index is 0. The molecule has 2 unspecified atom stereocenters. The van der Waals surface area contributed by atoms with E-state index >= 15 is 0 Å². The Labute approximate surface area is 158 Å². The molecule has 0 aliphatic carbocycles. The van der Waals surface area contributed by atoms with Crippen LogP contribution in [0.5, 0.6) is 0 Å². The summed E-state index contributed by atoms with van der Waals surface area (Å²) >= 11 is 6.21. The molecule has 3 heterocycles. The molecule has 4 rings (SSSR count). The lowest BCUT2D eigenvalue weighted by Gasteiger charge is -2.35. The van der Waals surface area contributed by atoms with Gasteiger partial charge in [-0.25, -0.2) is 0 Å². The predicted octanol–water partition coefficient (Wildman–Crippen LogP) is 3.51. The van der Waals surface area contributed by atoms with E-state index in [1.54, 1.807) is 6.07 Å². The Hall–Kier alpha value is -1.56. The van der Waals surface area contributed by atoms with Crippen LogP contribution in [-0.2, 0) is 0 Å². The zero-order valence-electron chi connectivity index (χ0n) is 14.0. The van der Waals surface area contributed by atoms with Gasteiger partial charge in [0.25, 0.3) is 5.91 Å². The van der Waals surface area contributed by atoms with E-state index in [0.29, 0.717) is 34.5 Å². The Kier molecular flexibility index (Phi) is 5.37.